The summed E-state index contributed by atoms with van der Waals surface area (Å²) in [5, 5.41) is 3.13. The van der Waals surface area contributed by atoms with Crippen molar-refractivity contribution in [3.05, 3.63) is 34.8 Å². The number of hydrogen-bond acceptors (Lipinski definition) is 6. The standard InChI is InChI=1S/C15H25N6O2P.C3H6.C3H4/c1-4-5-7-17-14-19-12(16)11-13(20-14)21(15(22)18-11)9-10(2)6-8-24(3)23;2*1-3-2/h6,23H,4-5,7-9H2,1-3H3,(H,18,22)(H3,16,17,19,20);3H,1H2,2H3;1H,2H3/b10-6+;;. The Morgan fingerprint density at radius 1 is 1.50 bits per heavy atom. The van der Waals surface area contributed by atoms with Crippen LogP contribution in [0.5, 0.6) is 0 Å². The summed E-state index contributed by atoms with van der Waals surface area (Å²) < 4.78 is 1.54. The maximum Gasteiger partial charge on any atom is 0.328 e. The summed E-state index contributed by atoms with van der Waals surface area (Å²) in [6, 6.07) is 0. The average molecular weight is 435 g/mol. The van der Waals surface area contributed by atoms with E-state index in [2.05, 4.69) is 46.1 Å². The highest BCUT2D eigenvalue weighted by atomic mass is 31.1. The molecule has 0 aliphatic rings. The number of unbranched alkanes of at least 4 members (excludes halogenated alkanes) is 1. The van der Waals surface area contributed by atoms with Crippen LogP contribution in [0, 0.1) is 12.3 Å². The zero-order chi connectivity index (χ0) is 23.1. The number of terminal acetylenes is 1. The Labute approximate surface area is 180 Å². The van der Waals surface area contributed by atoms with Gasteiger partial charge in [0, 0.05) is 27.4 Å². The first-order valence-electron chi connectivity index (χ1n) is 9.75. The van der Waals surface area contributed by atoms with E-state index in [-0.39, 0.29) is 11.5 Å². The second-order valence-electron chi connectivity index (χ2n) is 6.52. The molecule has 0 radical (unpaired) electrons. The summed E-state index contributed by atoms with van der Waals surface area (Å²) >= 11 is 0. The molecule has 2 aromatic heterocycles. The van der Waals surface area contributed by atoms with Crippen LogP contribution < -0.4 is 16.7 Å². The molecule has 5 N–H and O–H groups in total. The largest absolute Gasteiger partial charge is 0.382 e. The molecule has 1 atom stereocenters. The molecule has 30 heavy (non-hydrogen) atoms. The van der Waals surface area contributed by atoms with Gasteiger partial charge in [0.15, 0.2) is 11.5 Å². The van der Waals surface area contributed by atoms with Crippen LogP contribution in [-0.4, -0.2) is 43.8 Å². The van der Waals surface area contributed by atoms with Gasteiger partial charge in [0.1, 0.15) is 5.52 Å². The number of aromatic nitrogens is 4. The van der Waals surface area contributed by atoms with Gasteiger partial charge in [0.05, 0.1) is 0 Å². The lowest BCUT2D eigenvalue weighted by Gasteiger charge is -2.08. The third kappa shape index (κ3) is 9.73. The number of nitrogens with zero attached hydrogens (tertiary/aromatic N) is 3. The van der Waals surface area contributed by atoms with Crippen molar-refractivity contribution in [1.82, 2.24) is 19.5 Å². The van der Waals surface area contributed by atoms with Crippen molar-refractivity contribution in [3.8, 4) is 12.3 Å². The van der Waals surface area contributed by atoms with Gasteiger partial charge in [0.2, 0.25) is 5.95 Å². The minimum Gasteiger partial charge on any atom is -0.382 e. The fraction of sp³-hybridized carbons (Fsp3) is 0.476. The lowest BCUT2D eigenvalue weighted by Crippen LogP contribution is -2.18. The molecule has 1 unspecified atom stereocenters. The fourth-order valence-corrected chi connectivity index (χ4v) is 2.83. The normalized spacial score (nSPS) is 11.4. The summed E-state index contributed by atoms with van der Waals surface area (Å²) in [6.45, 7) is 13.9. The molecule has 0 aliphatic carbocycles. The number of nitrogens with two attached hydrogens (primary N) is 1. The van der Waals surface area contributed by atoms with Crippen molar-refractivity contribution in [1.29, 1.82) is 0 Å². The number of rotatable bonds is 8. The van der Waals surface area contributed by atoms with Crippen LogP contribution >= 0.6 is 8.15 Å². The number of H-pyrrole nitrogens is 1. The lowest BCUT2D eigenvalue weighted by molar-refractivity contribution is 0.633. The topological polar surface area (TPSA) is 122 Å². The number of allylic oxidation sites excluding steroid dienone is 3. The third-order valence-corrected chi connectivity index (χ3v) is 4.29. The smallest absolute Gasteiger partial charge is 0.328 e. The molecule has 166 valence electrons. The molecule has 0 bridgehead atoms. The number of aromatic amines is 1. The minimum absolute atomic E-state index is 0.254. The molecule has 2 aromatic rings. The Kier molecular flexibility index (Phi) is 13.9. The summed E-state index contributed by atoms with van der Waals surface area (Å²) in [7, 11) is -0.985. The third-order valence-electron chi connectivity index (χ3n) is 3.58. The number of fused-ring (bicyclic) bond motifs is 1. The Balaban J connectivity index is 0.00000125. The molecular formula is C21H35N6O2P. The van der Waals surface area contributed by atoms with Gasteiger partial charge >= 0.3 is 5.69 Å². The predicted octanol–water partition coefficient (Wildman–Crippen LogP) is 3.71. The molecule has 2 rings (SSSR count). The predicted molar refractivity (Wildman–Crippen MR) is 130 cm³/mol. The van der Waals surface area contributed by atoms with Crippen molar-refractivity contribution in [3.63, 3.8) is 0 Å². The van der Waals surface area contributed by atoms with Gasteiger partial charge in [-0.1, -0.05) is 31.1 Å². The van der Waals surface area contributed by atoms with Crippen molar-refractivity contribution >= 4 is 31.1 Å². The van der Waals surface area contributed by atoms with E-state index in [9.17, 15) is 9.69 Å². The van der Waals surface area contributed by atoms with E-state index in [1.165, 1.54) is 0 Å². The summed E-state index contributed by atoms with van der Waals surface area (Å²) in [5.74, 6) is 2.93. The van der Waals surface area contributed by atoms with Crippen molar-refractivity contribution in [2.75, 3.05) is 30.4 Å². The highest BCUT2D eigenvalue weighted by Crippen LogP contribution is 2.24. The van der Waals surface area contributed by atoms with Crippen LogP contribution in [-0.2, 0) is 6.54 Å². The van der Waals surface area contributed by atoms with Crippen molar-refractivity contribution in [2.24, 2.45) is 0 Å². The number of nitrogen functional groups attached to an aromatic ring is 1. The second kappa shape index (κ2) is 15.3. The molecule has 0 aromatic carbocycles. The lowest BCUT2D eigenvalue weighted by atomic mass is 10.3. The summed E-state index contributed by atoms with van der Waals surface area (Å²) in [4.78, 5) is 33.0. The zero-order valence-corrected chi connectivity index (χ0v) is 19.6. The van der Waals surface area contributed by atoms with E-state index < -0.39 is 8.15 Å². The SMILES string of the molecule is C#CC.C=CC.CCCCNc1nc(N)c2[nH]c(=O)n(C/C(C)=C/CP(C)O)c2n1. The maximum absolute atomic E-state index is 12.2. The zero-order valence-electron chi connectivity index (χ0n) is 18.7. The molecule has 0 fully saturated rings. The van der Waals surface area contributed by atoms with Gasteiger partial charge in [-0.15, -0.1) is 18.9 Å². The molecule has 0 aliphatic heterocycles. The Bertz CT molecular complexity index is 909. The van der Waals surface area contributed by atoms with Gasteiger partial charge in [-0.05, 0) is 33.9 Å². The Morgan fingerprint density at radius 2 is 2.10 bits per heavy atom. The van der Waals surface area contributed by atoms with Crippen LogP contribution in [0.1, 0.15) is 40.5 Å². The maximum atomic E-state index is 12.2. The molecule has 8 nitrogen and oxygen atoms in total. The van der Waals surface area contributed by atoms with E-state index in [1.807, 2.05) is 19.9 Å². The van der Waals surface area contributed by atoms with Crippen LogP contribution in [0.4, 0.5) is 11.8 Å². The monoisotopic (exact) mass is 434 g/mol. The Morgan fingerprint density at radius 3 is 2.63 bits per heavy atom. The van der Waals surface area contributed by atoms with Crippen LogP contribution in [0.2, 0.25) is 0 Å². The number of imidazole rings is 1. The minimum atomic E-state index is -0.985. The van der Waals surface area contributed by atoms with E-state index in [0.29, 0.717) is 29.8 Å². The fourth-order valence-electron chi connectivity index (χ4n) is 2.26. The van der Waals surface area contributed by atoms with Crippen LogP contribution in [0.3, 0.4) is 0 Å². The molecule has 0 amide bonds. The second-order valence-corrected chi connectivity index (χ2v) is 8.20. The van der Waals surface area contributed by atoms with Crippen molar-refractivity contribution in [2.45, 2.75) is 47.1 Å². The van der Waals surface area contributed by atoms with E-state index in [1.54, 1.807) is 24.2 Å². The van der Waals surface area contributed by atoms with Gasteiger partial charge in [0.25, 0.3) is 0 Å². The van der Waals surface area contributed by atoms with Crippen LogP contribution in [0.15, 0.2) is 29.1 Å². The number of anilines is 2. The van der Waals surface area contributed by atoms with E-state index in [0.717, 1.165) is 25.0 Å². The molecule has 0 saturated carbocycles. The highest BCUT2D eigenvalue weighted by molar-refractivity contribution is 7.50. The van der Waals surface area contributed by atoms with Crippen molar-refractivity contribution < 1.29 is 4.89 Å². The van der Waals surface area contributed by atoms with Crippen LogP contribution in [0.25, 0.3) is 11.2 Å². The summed E-state index contributed by atoms with van der Waals surface area (Å²) in [6.07, 6.45) is 11.0. The quantitative estimate of drug-likeness (QED) is 0.217. The van der Waals surface area contributed by atoms with Gasteiger partial charge in [-0.3, -0.25) is 4.57 Å². The highest BCUT2D eigenvalue weighted by Gasteiger charge is 2.14. The Hall–Kier alpha value is -2.62. The van der Waals surface area contributed by atoms with E-state index >= 15 is 0 Å². The average Bonchev–Trinajstić information content (AvgIpc) is 2.98. The molecular weight excluding hydrogens is 399 g/mol. The summed E-state index contributed by atoms with van der Waals surface area (Å²) in [5.41, 5.74) is 7.61. The molecule has 0 spiro atoms. The first-order chi connectivity index (χ1) is 14.2. The first-order valence-corrected chi connectivity index (χ1v) is 11.7. The van der Waals surface area contributed by atoms with Gasteiger partial charge < -0.3 is 20.9 Å². The first kappa shape index (κ1) is 27.4. The van der Waals surface area contributed by atoms with Gasteiger partial charge in [-0.2, -0.15) is 9.97 Å². The molecule has 0 saturated heterocycles. The number of nitrogens with one attached hydrogen (secondary N) is 2. The van der Waals surface area contributed by atoms with E-state index in [4.69, 9.17) is 5.73 Å². The molecule has 2 heterocycles. The molecule has 9 heteroatoms. The van der Waals surface area contributed by atoms with Gasteiger partial charge in [-0.25, -0.2) is 4.79 Å². The number of hydrogen-bond donors (Lipinski definition) is 4.